The van der Waals surface area contributed by atoms with Crippen molar-refractivity contribution in [1.82, 2.24) is 15.3 Å². The van der Waals surface area contributed by atoms with Crippen LogP contribution in [0, 0.1) is 5.92 Å². The van der Waals surface area contributed by atoms with Gasteiger partial charge in [-0.2, -0.15) is 0 Å². The van der Waals surface area contributed by atoms with Gasteiger partial charge in [0.2, 0.25) is 0 Å². The maximum atomic E-state index is 5.03. The molecule has 0 saturated heterocycles. The van der Waals surface area contributed by atoms with E-state index in [0.717, 1.165) is 73.4 Å². The SMILES string of the molecule is c1ccc(CCCc2cc(-c3ccc(NC4=NCCN4)cc3)nc(CC3CCCCC3)n2)cc1. The van der Waals surface area contributed by atoms with Crippen molar-refractivity contribution in [3.05, 3.63) is 77.7 Å². The smallest absolute Gasteiger partial charge is 0.195 e. The highest BCUT2D eigenvalue weighted by Gasteiger charge is 2.17. The minimum Gasteiger partial charge on any atom is -0.354 e. The summed E-state index contributed by atoms with van der Waals surface area (Å²) in [6, 6.07) is 21.5. The number of aromatic nitrogens is 2. The Labute approximate surface area is 203 Å². The van der Waals surface area contributed by atoms with Gasteiger partial charge < -0.3 is 10.6 Å². The zero-order valence-electron chi connectivity index (χ0n) is 20.0. The Morgan fingerprint density at radius 3 is 2.47 bits per heavy atom. The second-order valence-electron chi connectivity index (χ2n) is 9.57. The molecular weight excluding hydrogens is 418 g/mol. The number of hydrogen-bond acceptors (Lipinski definition) is 5. The fourth-order valence-electron chi connectivity index (χ4n) is 5.03. The molecule has 0 atom stereocenters. The quantitative estimate of drug-likeness (QED) is 0.452. The van der Waals surface area contributed by atoms with Gasteiger partial charge in [0.15, 0.2) is 5.96 Å². The average Bonchev–Trinajstić information content (AvgIpc) is 3.39. The summed E-state index contributed by atoms with van der Waals surface area (Å²) in [6.45, 7) is 1.73. The molecule has 2 aromatic carbocycles. The Morgan fingerprint density at radius 2 is 1.71 bits per heavy atom. The third kappa shape index (κ3) is 6.22. The molecule has 2 aliphatic rings. The van der Waals surface area contributed by atoms with E-state index >= 15 is 0 Å². The van der Waals surface area contributed by atoms with Crippen molar-refractivity contribution in [1.29, 1.82) is 0 Å². The lowest BCUT2D eigenvalue weighted by Crippen LogP contribution is -2.26. The number of anilines is 1. The third-order valence-corrected chi connectivity index (χ3v) is 6.88. The van der Waals surface area contributed by atoms with Crippen LogP contribution in [-0.4, -0.2) is 29.0 Å². The molecule has 0 bridgehead atoms. The molecule has 0 amide bonds. The average molecular weight is 454 g/mol. The van der Waals surface area contributed by atoms with Crippen molar-refractivity contribution >= 4 is 11.6 Å². The summed E-state index contributed by atoms with van der Waals surface area (Å²) in [5.41, 5.74) is 5.78. The minimum absolute atomic E-state index is 0.729. The first-order chi connectivity index (χ1) is 16.8. The molecule has 0 radical (unpaired) electrons. The highest BCUT2D eigenvalue weighted by molar-refractivity contribution is 5.94. The van der Waals surface area contributed by atoms with Crippen molar-refractivity contribution in [2.45, 2.75) is 57.8 Å². The van der Waals surface area contributed by atoms with Gasteiger partial charge >= 0.3 is 0 Å². The second-order valence-corrected chi connectivity index (χ2v) is 9.57. The van der Waals surface area contributed by atoms with Crippen LogP contribution < -0.4 is 10.6 Å². The van der Waals surface area contributed by atoms with Crippen molar-refractivity contribution in [2.24, 2.45) is 10.9 Å². The van der Waals surface area contributed by atoms with Crippen LogP contribution in [0.1, 0.15) is 55.6 Å². The minimum atomic E-state index is 0.729. The molecule has 1 fully saturated rings. The van der Waals surface area contributed by atoms with Gasteiger partial charge in [0.25, 0.3) is 0 Å². The molecule has 2 heterocycles. The van der Waals surface area contributed by atoms with Gasteiger partial charge in [-0.25, -0.2) is 9.97 Å². The molecule has 0 unspecified atom stereocenters. The fourth-order valence-corrected chi connectivity index (χ4v) is 5.03. The molecule has 34 heavy (non-hydrogen) atoms. The van der Waals surface area contributed by atoms with E-state index in [1.54, 1.807) is 0 Å². The molecule has 1 aromatic heterocycles. The first-order valence-corrected chi connectivity index (χ1v) is 12.9. The molecule has 3 aromatic rings. The van der Waals surface area contributed by atoms with Crippen molar-refractivity contribution in [3.8, 4) is 11.3 Å². The van der Waals surface area contributed by atoms with Gasteiger partial charge in [-0.1, -0.05) is 74.6 Å². The van der Waals surface area contributed by atoms with Crippen LogP contribution in [0.3, 0.4) is 0 Å². The van der Waals surface area contributed by atoms with Gasteiger partial charge in [0, 0.05) is 29.9 Å². The molecular formula is C29H35N5. The number of guanidine groups is 1. The molecule has 1 aliphatic heterocycles. The summed E-state index contributed by atoms with van der Waals surface area (Å²) in [4.78, 5) is 14.5. The van der Waals surface area contributed by atoms with E-state index in [1.807, 2.05) is 0 Å². The summed E-state index contributed by atoms with van der Waals surface area (Å²) in [5.74, 6) is 2.60. The lowest BCUT2D eigenvalue weighted by Gasteiger charge is -2.21. The predicted molar refractivity (Wildman–Crippen MR) is 140 cm³/mol. The molecule has 5 nitrogen and oxygen atoms in total. The molecule has 5 rings (SSSR count). The van der Waals surface area contributed by atoms with Gasteiger partial charge in [-0.15, -0.1) is 0 Å². The van der Waals surface area contributed by atoms with Crippen molar-refractivity contribution in [3.63, 3.8) is 0 Å². The maximum absolute atomic E-state index is 5.03. The van der Waals surface area contributed by atoms with E-state index in [9.17, 15) is 0 Å². The number of aliphatic imine (C=N–C) groups is 1. The summed E-state index contributed by atoms with van der Waals surface area (Å²) in [5, 5.41) is 6.60. The Kier molecular flexibility index (Phi) is 7.49. The van der Waals surface area contributed by atoms with Crippen LogP contribution in [0.4, 0.5) is 5.69 Å². The predicted octanol–water partition coefficient (Wildman–Crippen LogP) is 5.81. The van der Waals surface area contributed by atoms with Crippen LogP contribution in [-0.2, 0) is 19.3 Å². The first kappa shape index (κ1) is 22.6. The van der Waals surface area contributed by atoms with Gasteiger partial charge in [-0.05, 0) is 48.9 Å². The first-order valence-electron chi connectivity index (χ1n) is 12.9. The summed E-state index contributed by atoms with van der Waals surface area (Å²) >= 11 is 0. The summed E-state index contributed by atoms with van der Waals surface area (Å²) < 4.78 is 0. The number of nitrogens with zero attached hydrogens (tertiary/aromatic N) is 3. The van der Waals surface area contributed by atoms with Crippen LogP contribution in [0.2, 0.25) is 0 Å². The maximum Gasteiger partial charge on any atom is 0.195 e. The van der Waals surface area contributed by atoms with Crippen molar-refractivity contribution in [2.75, 3.05) is 18.4 Å². The zero-order chi connectivity index (χ0) is 23.0. The van der Waals surface area contributed by atoms with Gasteiger partial charge in [-0.3, -0.25) is 4.99 Å². The standard InChI is InChI=1S/C29H35N5/c1-3-8-22(9-4-1)12-7-13-26-21-27(34-28(32-26)20-23-10-5-2-6-11-23)24-14-16-25(17-15-24)33-29-30-18-19-31-29/h1,3-4,8-9,14-17,21,23H,2,5-7,10-13,18-20H2,(H2,30,31,33). The van der Waals surface area contributed by atoms with Gasteiger partial charge in [0.05, 0.1) is 12.2 Å². The van der Waals surface area contributed by atoms with Crippen LogP contribution in [0.15, 0.2) is 65.7 Å². The van der Waals surface area contributed by atoms with E-state index in [-0.39, 0.29) is 0 Å². The summed E-state index contributed by atoms with van der Waals surface area (Å²) in [7, 11) is 0. The molecule has 1 aliphatic carbocycles. The summed E-state index contributed by atoms with van der Waals surface area (Å²) in [6.07, 6.45) is 10.9. The van der Waals surface area contributed by atoms with E-state index in [1.165, 1.54) is 43.4 Å². The van der Waals surface area contributed by atoms with E-state index in [4.69, 9.17) is 9.97 Å². The number of aryl methyl sites for hydroxylation is 2. The highest BCUT2D eigenvalue weighted by atomic mass is 15.2. The number of benzene rings is 2. The van der Waals surface area contributed by atoms with E-state index in [0.29, 0.717) is 0 Å². The highest BCUT2D eigenvalue weighted by Crippen LogP contribution is 2.27. The third-order valence-electron chi connectivity index (χ3n) is 6.88. The van der Waals surface area contributed by atoms with Crippen LogP contribution >= 0.6 is 0 Å². The zero-order valence-corrected chi connectivity index (χ0v) is 20.0. The normalized spacial score (nSPS) is 16.2. The van der Waals surface area contributed by atoms with Crippen LogP contribution in [0.25, 0.3) is 11.3 Å². The number of nitrogens with one attached hydrogen (secondary N) is 2. The lowest BCUT2D eigenvalue weighted by atomic mass is 9.87. The van der Waals surface area contributed by atoms with E-state index in [2.05, 4.69) is 76.3 Å². The monoisotopic (exact) mass is 453 g/mol. The lowest BCUT2D eigenvalue weighted by molar-refractivity contribution is 0.351. The van der Waals surface area contributed by atoms with Gasteiger partial charge in [0.1, 0.15) is 5.82 Å². The topological polar surface area (TPSA) is 62.2 Å². The molecule has 2 N–H and O–H groups in total. The largest absolute Gasteiger partial charge is 0.354 e. The Hall–Kier alpha value is -3.21. The fraction of sp³-hybridized carbons (Fsp3) is 0.414. The number of rotatable bonds is 8. The molecule has 5 heteroatoms. The molecule has 1 saturated carbocycles. The molecule has 176 valence electrons. The number of hydrogen-bond donors (Lipinski definition) is 2. The van der Waals surface area contributed by atoms with Crippen LogP contribution in [0.5, 0.6) is 0 Å². The Morgan fingerprint density at radius 1 is 0.882 bits per heavy atom. The second kappa shape index (κ2) is 11.3. The van der Waals surface area contributed by atoms with E-state index < -0.39 is 0 Å². The Bertz CT molecular complexity index is 1090. The molecule has 0 spiro atoms. The Balaban J connectivity index is 1.32. The van der Waals surface area contributed by atoms with Crippen molar-refractivity contribution < 1.29 is 0 Å².